The number of rotatable bonds is 6. The summed E-state index contributed by atoms with van der Waals surface area (Å²) in [7, 11) is -0.954. The normalized spacial score (nSPS) is 11.6. The molecule has 0 atom stereocenters. The summed E-state index contributed by atoms with van der Waals surface area (Å²) in [4.78, 5) is 10.9. The molecule has 0 aliphatic rings. The Balaban J connectivity index is 2.67. The van der Waals surface area contributed by atoms with Crippen molar-refractivity contribution in [2.24, 2.45) is 0 Å². The quantitative estimate of drug-likeness (QED) is 0.743. The summed E-state index contributed by atoms with van der Waals surface area (Å²) in [5.41, 5.74) is 0. The Morgan fingerprint density at radius 1 is 1.32 bits per heavy atom. The second kappa shape index (κ2) is 6.63. The van der Waals surface area contributed by atoms with Crippen LogP contribution in [0.5, 0.6) is 0 Å². The Kier molecular flexibility index (Phi) is 5.44. The molecule has 0 fully saturated rings. The fourth-order valence-electron chi connectivity index (χ4n) is 1.45. The van der Waals surface area contributed by atoms with Gasteiger partial charge in [0.1, 0.15) is 5.82 Å². The predicted molar refractivity (Wildman–Crippen MR) is 67.5 cm³/mol. The van der Waals surface area contributed by atoms with Gasteiger partial charge >= 0.3 is 5.97 Å². The number of carbonyl (C=O) groups excluding carboxylic acids is 1. The van der Waals surface area contributed by atoms with E-state index in [1.165, 1.54) is 26.3 Å². The van der Waals surface area contributed by atoms with Crippen LogP contribution in [0.1, 0.15) is 12.8 Å². The zero-order valence-electron chi connectivity index (χ0n) is 10.8. The third kappa shape index (κ3) is 4.29. The zero-order valence-corrected chi connectivity index (χ0v) is 11.6. The number of benzene rings is 1. The van der Waals surface area contributed by atoms with Crippen LogP contribution in [0.3, 0.4) is 0 Å². The molecule has 0 radical (unpaired) electrons. The maximum absolute atomic E-state index is 12.7. The lowest BCUT2D eigenvalue weighted by molar-refractivity contribution is -0.140. The molecule has 0 saturated carbocycles. The van der Waals surface area contributed by atoms with Crippen LogP contribution in [0.25, 0.3) is 0 Å². The van der Waals surface area contributed by atoms with E-state index in [2.05, 4.69) is 4.74 Å². The van der Waals surface area contributed by atoms with E-state index in [1.54, 1.807) is 0 Å². The highest BCUT2D eigenvalue weighted by Crippen LogP contribution is 2.15. The molecular weight excluding hydrogens is 273 g/mol. The third-order valence-electron chi connectivity index (χ3n) is 2.60. The molecule has 0 unspecified atom stereocenters. The van der Waals surface area contributed by atoms with E-state index in [0.717, 1.165) is 16.4 Å². The maximum atomic E-state index is 12.7. The minimum absolute atomic E-state index is 0.0227. The molecule has 0 heterocycles. The monoisotopic (exact) mass is 289 g/mol. The van der Waals surface area contributed by atoms with Crippen molar-refractivity contribution < 1.29 is 22.3 Å². The second-order valence-electron chi connectivity index (χ2n) is 3.96. The smallest absolute Gasteiger partial charge is 0.305 e. The molecule has 0 bridgehead atoms. The molecule has 1 rings (SSSR count). The summed E-state index contributed by atoms with van der Waals surface area (Å²) < 4.78 is 42.5. The standard InChI is InChI=1S/C12H16FNO4S/c1-14(9-3-4-12(15)18-2)19(16,17)11-7-5-10(13)6-8-11/h5-8H,3-4,9H2,1-2H3. The van der Waals surface area contributed by atoms with Crippen LogP contribution in [0.2, 0.25) is 0 Å². The lowest BCUT2D eigenvalue weighted by atomic mass is 10.3. The van der Waals surface area contributed by atoms with E-state index >= 15 is 0 Å². The summed E-state index contributed by atoms with van der Waals surface area (Å²) in [5.74, 6) is -0.875. The van der Waals surface area contributed by atoms with Crippen molar-refractivity contribution in [3.63, 3.8) is 0 Å². The molecule has 19 heavy (non-hydrogen) atoms. The lowest BCUT2D eigenvalue weighted by Crippen LogP contribution is -2.28. The maximum Gasteiger partial charge on any atom is 0.305 e. The molecule has 0 saturated heterocycles. The van der Waals surface area contributed by atoms with E-state index in [1.807, 2.05) is 0 Å². The summed E-state index contributed by atoms with van der Waals surface area (Å²) in [6.07, 6.45) is 0.517. The Morgan fingerprint density at radius 3 is 2.42 bits per heavy atom. The zero-order chi connectivity index (χ0) is 14.5. The minimum atomic E-state index is -3.65. The number of nitrogens with zero attached hydrogens (tertiary/aromatic N) is 1. The summed E-state index contributed by atoms with van der Waals surface area (Å²) in [5, 5.41) is 0. The van der Waals surface area contributed by atoms with Gasteiger partial charge in [0.25, 0.3) is 0 Å². The van der Waals surface area contributed by atoms with Crippen LogP contribution in [0.4, 0.5) is 4.39 Å². The Morgan fingerprint density at radius 2 is 1.89 bits per heavy atom. The first-order chi connectivity index (χ1) is 8.87. The first-order valence-corrected chi connectivity index (χ1v) is 7.10. The van der Waals surface area contributed by atoms with Gasteiger partial charge in [0.2, 0.25) is 10.0 Å². The van der Waals surface area contributed by atoms with E-state index in [0.29, 0.717) is 6.42 Å². The van der Waals surface area contributed by atoms with Crippen molar-refractivity contribution in [1.29, 1.82) is 0 Å². The number of hydrogen-bond donors (Lipinski definition) is 0. The van der Waals surface area contributed by atoms with Crippen LogP contribution < -0.4 is 0 Å². The number of carbonyl (C=O) groups is 1. The molecule has 106 valence electrons. The molecule has 0 N–H and O–H groups in total. The van der Waals surface area contributed by atoms with Crippen molar-refractivity contribution in [2.45, 2.75) is 17.7 Å². The van der Waals surface area contributed by atoms with Gasteiger partial charge in [-0.25, -0.2) is 17.1 Å². The molecular formula is C12H16FNO4S. The highest BCUT2D eigenvalue weighted by molar-refractivity contribution is 7.89. The summed E-state index contributed by atoms with van der Waals surface area (Å²) in [6, 6.07) is 4.60. The Hall–Kier alpha value is -1.47. The van der Waals surface area contributed by atoms with Gasteiger partial charge in [-0.15, -0.1) is 0 Å². The third-order valence-corrected chi connectivity index (χ3v) is 4.47. The predicted octanol–water partition coefficient (Wildman–Crippen LogP) is 1.40. The largest absolute Gasteiger partial charge is 0.469 e. The lowest BCUT2D eigenvalue weighted by Gasteiger charge is -2.16. The average Bonchev–Trinajstić information content (AvgIpc) is 2.38. The van der Waals surface area contributed by atoms with Crippen molar-refractivity contribution in [1.82, 2.24) is 4.31 Å². The molecule has 0 amide bonds. The van der Waals surface area contributed by atoms with Crippen molar-refractivity contribution in [2.75, 3.05) is 20.7 Å². The fraction of sp³-hybridized carbons (Fsp3) is 0.417. The molecule has 0 aliphatic carbocycles. The number of sulfonamides is 1. The fourth-order valence-corrected chi connectivity index (χ4v) is 2.66. The van der Waals surface area contributed by atoms with E-state index in [9.17, 15) is 17.6 Å². The number of halogens is 1. The summed E-state index contributed by atoms with van der Waals surface area (Å²) in [6.45, 7) is 0.189. The number of methoxy groups -OCH3 is 1. The van der Waals surface area contributed by atoms with Gasteiger partial charge in [0.15, 0.2) is 0 Å². The van der Waals surface area contributed by atoms with Crippen LogP contribution in [-0.4, -0.2) is 39.4 Å². The van der Waals surface area contributed by atoms with Crippen molar-refractivity contribution in [3.8, 4) is 0 Å². The number of hydrogen-bond acceptors (Lipinski definition) is 4. The minimum Gasteiger partial charge on any atom is -0.469 e. The highest BCUT2D eigenvalue weighted by Gasteiger charge is 2.20. The molecule has 7 heteroatoms. The first-order valence-electron chi connectivity index (χ1n) is 5.66. The SMILES string of the molecule is COC(=O)CCCN(C)S(=O)(=O)c1ccc(F)cc1. The Bertz CT molecular complexity index is 527. The van der Waals surface area contributed by atoms with Gasteiger partial charge in [-0.1, -0.05) is 0 Å². The van der Waals surface area contributed by atoms with Gasteiger partial charge in [0.05, 0.1) is 12.0 Å². The van der Waals surface area contributed by atoms with Gasteiger partial charge < -0.3 is 4.74 Å². The van der Waals surface area contributed by atoms with Crippen LogP contribution in [0, 0.1) is 5.82 Å². The molecule has 0 aliphatic heterocycles. The van der Waals surface area contributed by atoms with E-state index in [-0.39, 0.29) is 23.8 Å². The molecule has 0 aromatic heterocycles. The van der Waals surface area contributed by atoms with Gasteiger partial charge in [-0.05, 0) is 30.7 Å². The van der Waals surface area contributed by atoms with Gasteiger partial charge in [0, 0.05) is 20.0 Å². The second-order valence-corrected chi connectivity index (χ2v) is 6.01. The van der Waals surface area contributed by atoms with Crippen molar-refractivity contribution >= 4 is 16.0 Å². The topological polar surface area (TPSA) is 63.7 Å². The number of esters is 1. The first kappa shape index (κ1) is 15.6. The number of ether oxygens (including phenoxy) is 1. The molecule has 1 aromatic rings. The van der Waals surface area contributed by atoms with E-state index in [4.69, 9.17) is 0 Å². The Labute approximate surface area is 112 Å². The van der Waals surface area contributed by atoms with Gasteiger partial charge in [-0.2, -0.15) is 0 Å². The van der Waals surface area contributed by atoms with E-state index < -0.39 is 15.8 Å². The highest BCUT2D eigenvalue weighted by atomic mass is 32.2. The van der Waals surface area contributed by atoms with Crippen LogP contribution in [-0.2, 0) is 19.6 Å². The van der Waals surface area contributed by atoms with Crippen LogP contribution >= 0.6 is 0 Å². The molecule has 0 spiro atoms. The average molecular weight is 289 g/mol. The molecule has 5 nitrogen and oxygen atoms in total. The summed E-state index contributed by atoms with van der Waals surface area (Å²) >= 11 is 0. The van der Waals surface area contributed by atoms with Crippen LogP contribution in [0.15, 0.2) is 29.2 Å². The molecule has 1 aromatic carbocycles. The van der Waals surface area contributed by atoms with Crippen molar-refractivity contribution in [3.05, 3.63) is 30.1 Å². The van der Waals surface area contributed by atoms with Gasteiger partial charge in [-0.3, -0.25) is 4.79 Å².